The average Bonchev–Trinajstić information content (AvgIpc) is 2.87. The van der Waals surface area contributed by atoms with E-state index < -0.39 is 10.0 Å². The van der Waals surface area contributed by atoms with E-state index in [0.29, 0.717) is 33.4 Å². The zero-order valence-electron chi connectivity index (χ0n) is 19.6. The van der Waals surface area contributed by atoms with E-state index in [9.17, 15) is 13.5 Å². The highest BCUT2D eigenvalue weighted by molar-refractivity contribution is 9.10. The van der Waals surface area contributed by atoms with Crippen molar-refractivity contribution in [2.24, 2.45) is 0 Å². The van der Waals surface area contributed by atoms with Crippen molar-refractivity contribution in [3.8, 4) is 11.5 Å². The van der Waals surface area contributed by atoms with Crippen LogP contribution in [0, 0.1) is 0 Å². The van der Waals surface area contributed by atoms with Gasteiger partial charge in [0.15, 0.2) is 11.5 Å². The minimum absolute atomic E-state index is 0.0221. The lowest BCUT2D eigenvalue weighted by atomic mass is 10.2. The molecule has 35 heavy (non-hydrogen) atoms. The van der Waals surface area contributed by atoms with Crippen molar-refractivity contribution >= 4 is 43.4 Å². The molecule has 0 aliphatic heterocycles. The van der Waals surface area contributed by atoms with Gasteiger partial charge in [0.2, 0.25) is 16.0 Å². The molecule has 0 amide bonds. The van der Waals surface area contributed by atoms with Crippen LogP contribution in [0.1, 0.15) is 18.9 Å². The maximum absolute atomic E-state index is 12.7. The Balaban J connectivity index is 1.67. The smallest absolute Gasteiger partial charge is 0.240 e. The normalized spacial score (nSPS) is 12.1. The quantitative estimate of drug-likeness (QED) is 0.259. The third-order valence-electron chi connectivity index (χ3n) is 5.13. The van der Waals surface area contributed by atoms with Crippen LogP contribution in [-0.2, 0) is 16.6 Å². The molecule has 1 atom stereocenters. The maximum atomic E-state index is 12.7. The van der Waals surface area contributed by atoms with Crippen LogP contribution in [-0.4, -0.2) is 50.4 Å². The van der Waals surface area contributed by atoms with Gasteiger partial charge in [-0.1, -0.05) is 13.0 Å². The molecule has 0 radical (unpaired) electrons. The zero-order chi connectivity index (χ0) is 25.4. The molecular weight excluding hydrogens is 538 g/mol. The fourth-order valence-electron chi connectivity index (χ4n) is 3.10. The molecular formula is C23H28BrN5O5S. The van der Waals surface area contributed by atoms with Gasteiger partial charge in [-0.3, -0.25) is 0 Å². The number of ether oxygens (including phenoxy) is 2. The fraction of sp³-hybridized carbons (Fsp3) is 0.304. The number of hydrogen-bond donors (Lipinski definition) is 4. The molecule has 2 aromatic carbocycles. The number of nitrogens with one attached hydrogen (secondary N) is 3. The molecule has 0 saturated carbocycles. The van der Waals surface area contributed by atoms with E-state index in [0.717, 1.165) is 12.0 Å². The SMILES string of the molecule is CC[C@H](CO)Nc1nc(Nc2ccc(S(=O)(=O)NCc3ccc(OC)c(OC)c3)cc2)ncc1Br. The largest absolute Gasteiger partial charge is 0.493 e. The maximum Gasteiger partial charge on any atom is 0.240 e. The molecule has 3 rings (SSSR count). The second kappa shape index (κ2) is 12.2. The van der Waals surface area contributed by atoms with Gasteiger partial charge in [-0.15, -0.1) is 0 Å². The number of halogens is 1. The van der Waals surface area contributed by atoms with E-state index in [1.54, 1.807) is 36.5 Å². The molecule has 0 fully saturated rings. The van der Waals surface area contributed by atoms with Gasteiger partial charge in [0.1, 0.15) is 5.82 Å². The molecule has 1 heterocycles. The summed E-state index contributed by atoms with van der Waals surface area (Å²) in [5.41, 5.74) is 1.35. The monoisotopic (exact) mass is 565 g/mol. The van der Waals surface area contributed by atoms with Gasteiger partial charge >= 0.3 is 0 Å². The minimum Gasteiger partial charge on any atom is -0.493 e. The second-order valence-electron chi connectivity index (χ2n) is 7.49. The van der Waals surface area contributed by atoms with E-state index in [1.807, 2.05) is 6.92 Å². The van der Waals surface area contributed by atoms with Crippen molar-refractivity contribution in [1.82, 2.24) is 14.7 Å². The first-order valence-electron chi connectivity index (χ1n) is 10.8. The Morgan fingerprint density at radius 1 is 1.09 bits per heavy atom. The first-order chi connectivity index (χ1) is 16.8. The third kappa shape index (κ3) is 7.04. The predicted octanol–water partition coefficient (Wildman–Crippen LogP) is 3.66. The number of hydrogen-bond acceptors (Lipinski definition) is 9. The molecule has 0 aliphatic carbocycles. The van der Waals surface area contributed by atoms with Gasteiger partial charge in [0, 0.05) is 18.4 Å². The summed E-state index contributed by atoms with van der Waals surface area (Å²) < 4.78 is 39.2. The molecule has 4 N–H and O–H groups in total. The van der Waals surface area contributed by atoms with Crippen LogP contribution in [0.3, 0.4) is 0 Å². The number of benzene rings is 2. The second-order valence-corrected chi connectivity index (χ2v) is 10.1. The first-order valence-corrected chi connectivity index (χ1v) is 13.0. The standard InChI is InChI=1S/C23H28BrN5O5S/c1-4-16(14-30)27-22-19(24)13-25-23(29-22)28-17-6-8-18(9-7-17)35(31,32)26-12-15-5-10-20(33-2)21(11-15)34-3/h5-11,13,16,26,30H,4,12,14H2,1-3H3,(H2,25,27,28,29)/t16-/m1/s1. The molecule has 1 aromatic heterocycles. The van der Waals surface area contributed by atoms with E-state index in [1.165, 1.54) is 26.4 Å². The molecule has 0 saturated heterocycles. The van der Waals surface area contributed by atoms with Gasteiger partial charge in [0.25, 0.3) is 0 Å². The average molecular weight is 566 g/mol. The zero-order valence-corrected chi connectivity index (χ0v) is 22.0. The Kier molecular flexibility index (Phi) is 9.26. The molecule has 3 aromatic rings. The highest BCUT2D eigenvalue weighted by atomic mass is 79.9. The lowest BCUT2D eigenvalue weighted by Crippen LogP contribution is -2.23. The van der Waals surface area contributed by atoms with Crippen LogP contribution >= 0.6 is 15.9 Å². The van der Waals surface area contributed by atoms with Crippen molar-refractivity contribution in [2.75, 3.05) is 31.5 Å². The Bertz CT molecular complexity index is 1240. The van der Waals surface area contributed by atoms with E-state index in [-0.39, 0.29) is 24.1 Å². The highest BCUT2D eigenvalue weighted by Gasteiger charge is 2.15. The van der Waals surface area contributed by atoms with E-state index in [2.05, 4.69) is 41.3 Å². The highest BCUT2D eigenvalue weighted by Crippen LogP contribution is 2.28. The number of aliphatic hydroxyl groups is 1. The Morgan fingerprint density at radius 2 is 1.80 bits per heavy atom. The molecule has 12 heteroatoms. The first kappa shape index (κ1) is 26.7. The summed E-state index contributed by atoms with van der Waals surface area (Å²) >= 11 is 3.40. The number of anilines is 3. The van der Waals surface area contributed by atoms with Crippen LogP contribution in [0.2, 0.25) is 0 Å². The van der Waals surface area contributed by atoms with Crippen molar-refractivity contribution in [2.45, 2.75) is 30.8 Å². The van der Waals surface area contributed by atoms with Gasteiger partial charge < -0.3 is 25.2 Å². The molecule has 0 spiro atoms. The summed E-state index contributed by atoms with van der Waals surface area (Å²) in [5, 5.41) is 15.6. The third-order valence-corrected chi connectivity index (χ3v) is 7.13. The van der Waals surface area contributed by atoms with Crippen LogP contribution in [0.25, 0.3) is 0 Å². The number of nitrogens with zero attached hydrogens (tertiary/aromatic N) is 2. The fourth-order valence-corrected chi connectivity index (χ4v) is 4.42. The lowest BCUT2D eigenvalue weighted by Gasteiger charge is -2.16. The van der Waals surface area contributed by atoms with Crippen LogP contribution in [0.5, 0.6) is 11.5 Å². The van der Waals surface area contributed by atoms with Crippen molar-refractivity contribution in [3.05, 3.63) is 58.7 Å². The topological polar surface area (TPSA) is 135 Å². The summed E-state index contributed by atoms with van der Waals surface area (Å²) in [5.74, 6) is 1.96. The van der Waals surface area contributed by atoms with Crippen molar-refractivity contribution in [3.63, 3.8) is 0 Å². The molecule has 0 unspecified atom stereocenters. The Hall–Kier alpha value is -2.93. The van der Waals surface area contributed by atoms with Gasteiger partial charge in [0.05, 0.1) is 36.2 Å². The minimum atomic E-state index is -3.74. The number of sulfonamides is 1. The number of aromatic nitrogens is 2. The molecule has 0 bridgehead atoms. The van der Waals surface area contributed by atoms with E-state index in [4.69, 9.17) is 9.47 Å². The Labute approximate surface area is 213 Å². The lowest BCUT2D eigenvalue weighted by molar-refractivity contribution is 0.271. The van der Waals surface area contributed by atoms with Crippen LogP contribution in [0.4, 0.5) is 17.5 Å². The number of rotatable bonds is 12. The van der Waals surface area contributed by atoms with Gasteiger partial charge in [-0.2, -0.15) is 4.98 Å². The summed E-state index contributed by atoms with van der Waals surface area (Å²) in [6, 6.07) is 11.3. The Morgan fingerprint density at radius 3 is 2.43 bits per heavy atom. The van der Waals surface area contributed by atoms with Crippen LogP contribution < -0.4 is 24.8 Å². The summed E-state index contributed by atoms with van der Waals surface area (Å²) in [6.45, 7) is 2.03. The predicted molar refractivity (Wildman–Crippen MR) is 138 cm³/mol. The summed E-state index contributed by atoms with van der Waals surface area (Å²) in [4.78, 5) is 8.78. The van der Waals surface area contributed by atoms with E-state index >= 15 is 0 Å². The van der Waals surface area contributed by atoms with Gasteiger partial charge in [-0.05, 0) is 64.3 Å². The van der Waals surface area contributed by atoms with Crippen molar-refractivity contribution < 1.29 is 23.0 Å². The molecule has 188 valence electrons. The summed E-state index contributed by atoms with van der Waals surface area (Å²) in [7, 11) is -0.675. The number of aliphatic hydroxyl groups excluding tert-OH is 1. The molecule has 0 aliphatic rings. The van der Waals surface area contributed by atoms with Gasteiger partial charge in [-0.25, -0.2) is 18.1 Å². The van der Waals surface area contributed by atoms with Crippen LogP contribution in [0.15, 0.2) is 58.0 Å². The number of methoxy groups -OCH3 is 2. The van der Waals surface area contributed by atoms with Crippen molar-refractivity contribution in [1.29, 1.82) is 0 Å². The molecule has 10 nitrogen and oxygen atoms in total. The summed E-state index contributed by atoms with van der Waals surface area (Å²) in [6.07, 6.45) is 2.32.